The lowest BCUT2D eigenvalue weighted by molar-refractivity contribution is -0.162. The van der Waals surface area contributed by atoms with Gasteiger partial charge in [-0.3, -0.25) is 18.9 Å². The summed E-state index contributed by atoms with van der Waals surface area (Å²) in [7, 11) is 0. The lowest BCUT2D eigenvalue weighted by Gasteiger charge is -2.20. The summed E-state index contributed by atoms with van der Waals surface area (Å²) in [6.45, 7) is 2.61. The van der Waals surface area contributed by atoms with Crippen LogP contribution in [0.15, 0.2) is 72.2 Å². The number of fused-ring (bicyclic) bond motifs is 2. The van der Waals surface area contributed by atoms with Gasteiger partial charge in [0, 0.05) is 11.8 Å². The van der Waals surface area contributed by atoms with Crippen LogP contribution in [0.5, 0.6) is 0 Å². The van der Waals surface area contributed by atoms with Gasteiger partial charge < -0.3 is 9.72 Å². The number of aromatic nitrogens is 5. The molecule has 190 valence electrons. The maximum absolute atomic E-state index is 13.5. The lowest BCUT2D eigenvalue weighted by atomic mass is 10.1. The number of hydrogen-bond acceptors (Lipinski definition) is 4. The molecule has 37 heavy (non-hydrogen) atoms. The molecule has 0 aliphatic carbocycles. The first kappa shape index (κ1) is 24.3. The first-order valence-corrected chi connectivity index (χ1v) is 11.6. The van der Waals surface area contributed by atoms with Gasteiger partial charge in [0.15, 0.2) is 0 Å². The minimum atomic E-state index is -4.57. The number of alkyl halides is 3. The molecule has 0 radical (unpaired) electrons. The number of para-hydroxylation sites is 1. The summed E-state index contributed by atoms with van der Waals surface area (Å²) in [6, 6.07) is 10.6. The number of carbonyl (C=O) groups excluding carboxylic acids is 1. The fraction of sp³-hybridized carbons (Fsp3) is 0.231. The zero-order valence-corrected chi connectivity index (χ0v) is 20.0. The van der Waals surface area contributed by atoms with E-state index in [0.717, 1.165) is 16.6 Å². The van der Waals surface area contributed by atoms with Gasteiger partial charge in [0.25, 0.3) is 0 Å². The third kappa shape index (κ3) is 4.37. The van der Waals surface area contributed by atoms with Gasteiger partial charge in [-0.15, -0.1) is 0 Å². The molecule has 4 heterocycles. The van der Waals surface area contributed by atoms with Gasteiger partial charge in [-0.2, -0.15) is 13.2 Å². The smallest absolute Gasteiger partial charge is 0.343 e. The molecule has 0 fully saturated rings. The van der Waals surface area contributed by atoms with Gasteiger partial charge in [-0.05, 0) is 49.2 Å². The zero-order chi connectivity index (χ0) is 26.3. The molecule has 1 aromatic carbocycles. The van der Waals surface area contributed by atoms with Crippen LogP contribution in [0, 0.1) is 6.92 Å². The van der Waals surface area contributed by atoms with E-state index in [-0.39, 0.29) is 6.42 Å². The molecule has 5 rings (SSSR count). The van der Waals surface area contributed by atoms with Crippen LogP contribution in [0.25, 0.3) is 33.5 Å². The summed E-state index contributed by atoms with van der Waals surface area (Å²) in [5, 5.41) is 2.00. The molecule has 8 nitrogen and oxygen atoms in total. The average molecular weight is 509 g/mol. The van der Waals surface area contributed by atoms with Crippen LogP contribution < -0.4 is 11.0 Å². The normalized spacial score (nSPS) is 12.8. The number of pyridine rings is 2. The number of rotatable bonds is 6. The molecule has 0 spiro atoms. The molecule has 1 amide bonds. The van der Waals surface area contributed by atoms with Crippen molar-refractivity contribution in [1.82, 2.24) is 28.8 Å². The quantitative estimate of drug-likeness (QED) is 0.371. The van der Waals surface area contributed by atoms with Crippen LogP contribution in [-0.4, -0.2) is 41.6 Å². The summed E-state index contributed by atoms with van der Waals surface area (Å²) in [4.78, 5) is 34.8. The monoisotopic (exact) mass is 508 g/mol. The van der Waals surface area contributed by atoms with Gasteiger partial charge in [-0.25, -0.2) is 9.78 Å². The van der Waals surface area contributed by atoms with E-state index < -0.39 is 30.4 Å². The van der Waals surface area contributed by atoms with Crippen molar-refractivity contribution in [3.05, 3.63) is 83.4 Å². The molecule has 0 aliphatic rings. The maximum Gasteiger partial charge on any atom is 0.408 e. The highest BCUT2D eigenvalue weighted by Crippen LogP contribution is 2.26. The van der Waals surface area contributed by atoms with E-state index >= 15 is 0 Å². The fourth-order valence-electron chi connectivity index (χ4n) is 4.51. The van der Waals surface area contributed by atoms with Crippen LogP contribution in [0.4, 0.5) is 13.2 Å². The van der Waals surface area contributed by atoms with Crippen molar-refractivity contribution >= 4 is 22.5 Å². The summed E-state index contributed by atoms with van der Waals surface area (Å²) < 4.78 is 43.9. The standard InChI is InChI=1S/C26H23F3N6O2/c1-3-22(26(27,28)29)32-23(36)14-34-20-8-4-6-16(2)24(20)35(25(34)37)17-9-10-19(31-12-17)18-7-5-11-33-15-30-13-21(18)33/h4-13,15,22H,3,14H2,1-2H3,(H,32,36). The predicted molar refractivity (Wildman–Crippen MR) is 133 cm³/mol. The van der Waals surface area contributed by atoms with Gasteiger partial charge in [0.2, 0.25) is 5.91 Å². The highest BCUT2D eigenvalue weighted by atomic mass is 19.4. The van der Waals surface area contributed by atoms with Gasteiger partial charge in [0.1, 0.15) is 12.6 Å². The van der Waals surface area contributed by atoms with Gasteiger partial charge in [-0.1, -0.05) is 19.1 Å². The van der Waals surface area contributed by atoms with Crippen molar-refractivity contribution in [3.8, 4) is 16.9 Å². The van der Waals surface area contributed by atoms with Crippen molar-refractivity contribution < 1.29 is 18.0 Å². The van der Waals surface area contributed by atoms with E-state index in [1.165, 1.54) is 16.1 Å². The highest BCUT2D eigenvalue weighted by molar-refractivity contribution is 5.84. The number of benzene rings is 1. The molecule has 1 atom stereocenters. The molecule has 4 aromatic heterocycles. The Kier molecular flexibility index (Phi) is 6.06. The number of hydrogen-bond donors (Lipinski definition) is 1. The Morgan fingerprint density at radius 3 is 2.59 bits per heavy atom. The first-order valence-electron chi connectivity index (χ1n) is 11.6. The predicted octanol–water partition coefficient (Wildman–Crippen LogP) is 4.27. The van der Waals surface area contributed by atoms with E-state index in [1.807, 2.05) is 41.0 Å². The van der Waals surface area contributed by atoms with E-state index in [4.69, 9.17) is 0 Å². The topological polar surface area (TPSA) is 86.2 Å². The second-order valence-electron chi connectivity index (χ2n) is 8.73. The third-order valence-corrected chi connectivity index (χ3v) is 6.33. The highest BCUT2D eigenvalue weighted by Gasteiger charge is 2.39. The van der Waals surface area contributed by atoms with Crippen molar-refractivity contribution in [2.24, 2.45) is 0 Å². The third-order valence-electron chi connectivity index (χ3n) is 6.33. The Hall–Kier alpha value is -4.41. The van der Waals surface area contributed by atoms with Crippen molar-refractivity contribution in [2.75, 3.05) is 0 Å². The summed E-state index contributed by atoms with van der Waals surface area (Å²) in [5.41, 5.74) is 4.10. The number of halogens is 3. The number of nitrogens with zero attached hydrogens (tertiary/aromatic N) is 5. The Bertz CT molecular complexity index is 1660. The first-order chi connectivity index (χ1) is 17.7. The Morgan fingerprint density at radius 1 is 1.08 bits per heavy atom. The van der Waals surface area contributed by atoms with E-state index in [2.05, 4.69) is 9.97 Å². The van der Waals surface area contributed by atoms with Crippen molar-refractivity contribution in [2.45, 2.75) is 39.0 Å². The number of aryl methyl sites for hydroxylation is 1. The molecular formula is C26H23F3N6O2. The van der Waals surface area contributed by atoms with Crippen LogP contribution in [0.2, 0.25) is 0 Å². The molecule has 0 saturated heterocycles. The van der Waals surface area contributed by atoms with Crippen LogP contribution in [0.1, 0.15) is 18.9 Å². The Labute approximate surface area is 209 Å². The Morgan fingerprint density at radius 2 is 1.89 bits per heavy atom. The van der Waals surface area contributed by atoms with E-state index in [1.54, 1.807) is 43.0 Å². The molecule has 0 bridgehead atoms. The fourth-order valence-corrected chi connectivity index (χ4v) is 4.51. The number of nitrogens with one attached hydrogen (secondary N) is 1. The van der Waals surface area contributed by atoms with Gasteiger partial charge in [0.05, 0.1) is 46.7 Å². The number of carbonyl (C=O) groups is 1. The van der Waals surface area contributed by atoms with E-state index in [9.17, 15) is 22.8 Å². The van der Waals surface area contributed by atoms with E-state index in [0.29, 0.717) is 22.4 Å². The summed E-state index contributed by atoms with van der Waals surface area (Å²) in [5.74, 6) is -0.894. The minimum Gasteiger partial charge on any atom is -0.343 e. The lowest BCUT2D eigenvalue weighted by Crippen LogP contribution is -2.46. The molecule has 5 aromatic rings. The molecule has 0 saturated carbocycles. The van der Waals surface area contributed by atoms with Gasteiger partial charge >= 0.3 is 11.9 Å². The second kappa shape index (κ2) is 9.23. The minimum absolute atomic E-state index is 0.309. The number of amides is 1. The second-order valence-corrected chi connectivity index (χ2v) is 8.73. The van der Waals surface area contributed by atoms with Crippen LogP contribution in [-0.2, 0) is 11.3 Å². The van der Waals surface area contributed by atoms with Crippen molar-refractivity contribution in [1.29, 1.82) is 0 Å². The molecule has 1 N–H and O–H groups in total. The van der Waals surface area contributed by atoms with Crippen molar-refractivity contribution in [3.63, 3.8) is 0 Å². The summed E-state index contributed by atoms with van der Waals surface area (Å²) in [6.07, 6.45) is 1.98. The molecular weight excluding hydrogens is 485 g/mol. The molecule has 11 heteroatoms. The molecule has 1 unspecified atom stereocenters. The number of imidazole rings is 2. The maximum atomic E-state index is 13.5. The average Bonchev–Trinajstić information content (AvgIpc) is 3.46. The summed E-state index contributed by atoms with van der Waals surface area (Å²) >= 11 is 0. The van der Waals surface area contributed by atoms with Crippen LogP contribution >= 0.6 is 0 Å². The molecule has 0 aliphatic heterocycles. The largest absolute Gasteiger partial charge is 0.408 e. The zero-order valence-electron chi connectivity index (χ0n) is 20.0. The SMILES string of the molecule is CCC(NC(=O)Cn1c(=O)n(-c2ccc(-c3cccn4cncc34)nc2)c2c(C)cccc21)C(F)(F)F. The Balaban J connectivity index is 1.55. The van der Waals surface area contributed by atoms with Crippen LogP contribution in [0.3, 0.4) is 0 Å².